The van der Waals surface area contributed by atoms with Crippen molar-refractivity contribution >= 4 is 17.9 Å². The van der Waals surface area contributed by atoms with Crippen LogP contribution in [0.1, 0.15) is 297 Å². The van der Waals surface area contributed by atoms with Crippen molar-refractivity contribution in [2.45, 2.75) is 303 Å². The number of ether oxygens (including phenoxy) is 3. The van der Waals surface area contributed by atoms with Crippen molar-refractivity contribution < 1.29 is 28.6 Å². The van der Waals surface area contributed by atoms with Crippen LogP contribution in [0.5, 0.6) is 0 Å². The molecule has 0 N–H and O–H groups in total. The second kappa shape index (κ2) is 60.1. The van der Waals surface area contributed by atoms with Gasteiger partial charge in [-0.1, -0.05) is 279 Å². The Bertz CT molecular complexity index is 1380. The van der Waals surface area contributed by atoms with E-state index in [-0.39, 0.29) is 37.5 Å². The Morgan fingerprint density at radius 1 is 0.292 bits per heavy atom. The fraction of sp³-hybridized carbons (Fsp3) is 0.742. The van der Waals surface area contributed by atoms with Gasteiger partial charge in [0.2, 0.25) is 0 Å². The molecule has 0 rings (SSSR count). The summed E-state index contributed by atoms with van der Waals surface area (Å²) in [4.78, 5) is 38.2. The first-order valence-electron chi connectivity index (χ1n) is 30.6. The number of hydrogen-bond donors (Lipinski definition) is 0. The van der Waals surface area contributed by atoms with Gasteiger partial charge in [-0.3, -0.25) is 14.4 Å². The van der Waals surface area contributed by atoms with E-state index >= 15 is 0 Å². The van der Waals surface area contributed by atoms with Gasteiger partial charge >= 0.3 is 17.9 Å². The molecule has 414 valence electrons. The largest absolute Gasteiger partial charge is 0.462 e. The SMILES string of the molecule is CC/C=C\C/C=C\C/C=C\C/C=C\C/C=C\C/C=C\CCC(=O)OCC(COC(=O)CCCCCCCCCCCCCCCCCC)OC(=O)CCCCCCCCCCC/C=C\CCCCCCCC. The standard InChI is InChI=1S/C66H114O6/c1-4-7-10-13-16-19-22-25-28-31-33-35-38-41-44-47-50-53-56-59-65(68)71-62-63(61-70-64(67)58-55-52-49-46-43-40-37-30-27-24-21-18-15-12-9-6-3)72-66(69)60-57-54-51-48-45-42-39-36-34-32-29-26-23-20-17-14-11-8-5-2/h7,10,16,19,25-26,28-29,33,35,41,44,50,53,63H,4-6,8-9,11-15,17-18,20-24,27,30-32,34,36-40,42-43,45-49,51-52,54-62H2,1-3H3/b10-7-,19-16-,28-25-,29-26-,35-33-,44-41-,53-50-. The minimum absolute atomic E-state index is 0.0979. The molecule has 1 atom stereocenters. The van der Waals surface area contributed by atoms with E-state index in [9.17, 15) is 14.4 Å². The third kappa shape index (κ3) is 57.5. The number of carbonyl (C=O) groups excluding carboxylic acids is 3. The molecule has 0 aliphatic rings. The highest BCUT2D eigenvalue weighted by atomic mass is 16.6. The zero-order valence-electron chi connectivity index (χ0n) is 47.4. The summed E-state index contributed by atoms with van der Waals surface area (Å²) in [7, 11) is 0. The summed E-state index contributed by atoms with van der Waals surface area (Å²) in [6.07, 6.45) is 78.8. The van der Waals surface area contributed by atoms with E-state index in [1.165, 1.54) is 173 Å². The number of rotatable bonds is 55. The molecule has 0 aromatic heterocycles. The molecule has 0 saturated carbocycles. The number of hydrogen-bond acceptors (Lipinski definition) is 6. The highest BCUT2D eigenvalue weighted by Crippen LogP contribution is 2.16. The Morgan fingerprint density at radius 2 is 0.569 bits per heavy atom. The maximum Gasteiger partial charge on any atom is 0.306 e. The Hall–Kier alpha value is -3.41. The van der Waals surface area contributed by atoms with E-state index in [0.29, 0.717) is 19.3 Å². The highest BCUT2D eigenvalue weighted by Gasteiger charge is 2.19. The predicted molar refractivity (Wildman–Crippen MR) is 311 cm³/mol. The van der Waals surface area contributed by atoms with Gasteiger partial charge in [-0.25, -0.2) is 0 Å². The van der Waals surface area contributed by atoms with Crippen LogP contribution < -0.4 is 0 Å². The lowest BCUT2D eigenvalue weighted by Crippen LogP contribution is -2.30. The quantitative estimate of drug-likeness (QED) is 0.0261. The minimum atomic E-state index is -0.808. The van der Waals surface area contributed by atoms with E-state index in [4.69, 9.17) is 14.2 Å². The highest BCUT2D eigenvalue weighted by molar-refractivity contribution is 5.71. The van der Waals surface area contributed by atoms with E-state index in [2.05, 4.69) is 99.8 Å². The zero-order chi connectivity index (χ0) is 52.2. The van der Waals surface area contributed by atoms with Gasteiger partial charge in [0, 0.05) is 19.3 Å². The van der Waals surface area contributed by atoms with Gasteiger partial charge < -0.3 is 14.2 Å². The number of unbranched alkanes of at least 4 members (excludes halogenated alkanes) is 30. The maximum atomic E-state index is 12.9. The topological polar surface area (TPSA) is 78.9 Å². The molecule has 0 saturated heterocycles. The van der Waals surface area contributed by atoms with Gasteiger partial charge in [0.15, 0.2) is 6.10 Å². The molecule has 72 heavy (non-hydrogen) atoms. The van der Waals surface area contributed by atoms with E-state index in [1.807, 2.05) is 6.08 Å². The second-order valence-electron chi connectivity index (χ2n) is 20.2. The Labute approximate surface area is 445 Å². The molecule has 0 aliphatic heterocycles. The molecule has 0 heterocycles. The number of carbonyl (C=O) groups is 3. The molecule has 0 radical (unpaired) electrons. The van der Waals surface area contributed by atoms with Crippen molar-refractivity contribution in [2.24, 2.45) is 0 Å². The van der Waals surface area contributed by atoms with Crippen LogP contribution in [0.3, 0.4) is 0 Å². The molecule has 6 heteroatoms. The van der Waals surface area contributed by atoms with Crippen LogP contribution in [0.15, 0.2) is 85.1 Å². The van der Waals surface area contributed by atoms with Crippen molar-refractivity contribution in [3.63, 3.8) is 0 Å². The molecule has 0 spiro atoms. The average molecular weight is 1000 g/mol. The summed E-state index contributed by atoms with van der Waals surface area (Å²) in [5, 5.41) is 0. The fourth-order valence-electron chi connectivity index (χ4n) is 8.58. The average Bonchev–Trinajstić information content (AvgIpc) is 3.38. The summed E-state index contributed by atoms with van der Waals surface area (Å²) in [6, 6.07) is 0. The molecule has 1 unspecified atom stereocenters. The number of esters is 3. The van der Waals surface area contributed by atoms with Gasteiger partial charge in [0.1, 0.15) is 13.2 Å². The van der Waals surface area contributed by atoms with E-state index in [1.54, 1.807) is 0 Å². The van der Waals surface area contributed by atoms with Crippen LogP contribution in [-0.4, -0.2) is 37.2 Å². The van der Waals surface area contributed by atoms with E-state index < -0.39 is 6.10 Å². The van der Waals surface area contributed by atoms with Crippen LogP contribution in [0, 0.1) is 0 Å². The molecule has 0 aromatic rings. The first-order chi connectivity index (χ1) is 35.5. The van der Waals surface area contributed by atoms with Gasteiger partial charge in [-0.05, 0) is 83.5 Å². The lowest BCUT2D eigenvalue weighted by Gasteiger charge is -2.18. The van der Waals surface area contributed by atoms with Crippen molar-refractivity contribution in [1.29, 1.82) is 0 Å². The Balaban J connectivity index is 4.47. The Morgan fingerprint density at radius 3 is 0.931 bits per heavy atom. The van der Waals surface area contributed by atoms with Gasteiger partial charge in [-0.2, -0.15) is 0 Å². The fourth-order valence-corrected chi connectivity index (χ4v) is 8.58. The molecule has 0 bridgehead atoms. The summed E-state index contributed by atoms with van der Waals surface area (Å²) < 4.78 is 16.8. The van der Waals surface area contributed by atoms with Crippen LogP contribution >= 0.6 is 0 Å². The van der Waals surface area contributed by atoms with Crippen LogP contribution in [0.25, 0.3) is 0 Å². The summed E-state index contributed by atoms with van der Waals surface area (Å²) in [6.45, 7) is 6.49. The third-order valence-corrected chi connectivity index (χ3v) is 13.1. The van der Waals surface area contributed by atoms with Crippen molar-refractivity contribution in [3.8, 4) is 0 Å². The van der Waals surface area contributed by atoms with Gasteiger partial charge in [0.05, 0.1) is 0 Å². The molecule has 0 amide bonds. The van der Waals surface area contributed by atoms with Crippen molar-refractivity contribution in [1.82, 2.24) is 0 Å². The normalized spacial score (nSPS) is 12.7. The molecule has 0 aromatic carbocycles. The predicted octanol–water partition coefficient (Wildman–Crippen LogP) is 20.7. The zero-order valence-corrected chi connectivity index (χ0v) is 47.4. The minimum Gasteiger partial charge on any atom is -0.462 e. The maximum absolute atomic E-state index is 12.9. The smallest absolute Gasteiger partial charge is 0.306 e. The van der Waals surface area contributed by atoms with Crippen LogP contribution in [-0.2, 0) is 28.6 Å². The van der Waals surface area contributed by atoms with Gasteiger partial charge in [-0.15, -0.1) is 0 Å². The van der Waals surface area contributed by atoms with Crippen LogP contribution in [0.4, 0.5) is 0 Å². The first-order valence-corrected chi connectivity index (χ1v) is 30.6. The first kappa shape index (κ1) is 68.6. The molecular weight excluding hydrogens is 889 g/mol. The molecule has 0 aliphatic carbocycles. The summed E-state index contributed by atoms with van der Waals surface area (Å²) in [5.74, 6) is -0.976. The van der Waals surface area contributed by atoms with Gasteiger partial charge in [0.25, 0.3) is 0 Å². The monoisotopic (exact) mass is 1000 g/mol. The molecular formula is C66H114O6. The molecule has 6 nitrogen and oxygen atoms in total. The lowest BCUT2D eigenvalue weighted by atomic mass is 10.0. The lowest BCUT2D eigenvalue weighted by molar-refractivity contribution is -0.166. The van der Waals surface area contributed by atoms with Crippen molar-refractivity contribution in [3.05, 3.63) is 85.1 Å². The van der Waals surface area contributed by atoms with Crippen LogP contribution in [0.2, 0.25) is 0 Å². The third-order valence-electron chi connectivity index (χ3n) is 13.1. The number of allylic oxidation sites excluding steroid dienone is 14. The van der Waals surface area contributed by atoms with Crippen molar-refractivity contribution in [2.75, 3.05) is 13.2 Å². The second-order valence-corrected chi connectivity index (χ2v) is 20.2. The summed E-state index contributed by atoms with van der Waals surface area (Å²) >= 11 is 0. The summed E-state index contributed by atoms with van der Waals surface area (Å²) in [5.41, 5.74) is 0. The molecule has 0 fully saturated rings. The Kier molecular flexibility index (Phi) is 57.3. The van der Waals surface area contributed by atoms with E-state index in [0.717, 1.165) is 77.0 Å².